The Labute approximate surface area is 215 Å². The predicted molar refractivity (Wildman–Crippen MR) is 131 cm³/mol. The van der Waals surface area contributed by atoms with Crippen LogP contribution in [0.1, 0.15) is 48.0 Å². The second-order valence-electron chi connectivity index (χ2n) is 8.92. The number of ether oxygens (including phenoxy) is 2. The molecule has 0 spiro atoms. The van der Waals surface area contributed by atoms with Gasteiger partial charge in [-0.25, -0.2) is 18.7 Å². The summed E-state index contributed by atoms with van der Waals surface area (Å²) in [7, 11) is 1.55. The van der Waals surface area contributed by atoms with E-state index >= 15 is 0 Å². The van der Waals surface area contributed by atoms with E-state index in [1.807, 2.05) is 6.92 Å². The summed E-state index contributed by atoms with van der Waals surface area (Å²) < 4.78 is 44.8. The SMILES string of the molecule is COC[C@@]1(C)C[C@@](C)(c2cc(NC(=O)c3cnc(OCc4nc(C)no4)cn3)cc(F)c2F)N=C(N)S1. The first-order valence-corrected chi connectivity index (χ1v) is 11.9. The number of hydrogen-bond donors (Lipinski definition) is 2. The first-order chi connectivity index (χ1) is 17.5. The number of aryl methyl sites for hydroxylation is 1. The van der Waals surface area contributed by atoms with Gasteiger partial charge in [0.15, 0.2) is 29.2 Å². The molecule has 3 heterocycles. The molecule has 11 nitrogen and oxygen atoms in total. The monoisotopic (exact) mass is 533 g/mol. The van der Waals surface area contributed by atoms with Gasteiger partial charge in [-0.3, -0.25) is 9.79 Å². The molecule has 1 aliphatic heterocycles. The van der Waals surface area contributed by atoms with Crippen molar-refractivity contribution < 1.29 is 27.6 Å². The number of hydrogen-bond acceptors (Lipinski definition) is 11. The summed E-state index contributed by atoms with van der Waals surface area (Å²) in [6.07, 6.45) is 2.75. The van der Waals surface area contributed by atoms with E-state index in [9.17, 15) is 13.6 Å². The standard InChI is InChI=1S/C23H25F2N7O4S/c1-12-29-18(36-32-12)9-35-17-8-27-16(7-28-17)20(33)30-13-5-14(19(25)15(24)6-13)23(3)10-22(2,11-34-4)37-21(26)31-23/h5-8H,9-11H2,1-4H3,(H2,26,31)(H,30,33)/t22-,23+/m1/s1. The highest BCUT2D eigenvalue weighted by molar-refractivity contribution is 8.15. The van der Waals surface area contributed by atoms with Crippen LogP contribution < -0.4 is 15.8 Å². The number of nitrogens with zero attached hydrogens (tertiary/aromatic N) is 5. The van der Waals surface area contributed by atoms with Crippen molar-refractivity contribution in [1.82, 2.24) is 20.1 Å². The van der Waals surface area contributed by atoms with Gasteiger partial charge in [0.05, 0.1) is 24.5 Å². The quantitative estimate of drug-likeness (QED) is 0.441. The predicted octanol–water partition coefficient (Wildman–Crippen LogP) is 3.35. The van der Waals surface area contributed by atoms with E-state index in [2.05, 4.69) is 30.4 Å². The van der Waals surface area contributed by atoms with Gasteiger partial charge in [0.2, 0.25) is 5.88 Å². The maximum atomic E-state index is 15.0. The topological polar surface area (TPSA) is 151 Å². The number of amidine groups is 1. The molecule has 3 aromatic rings. The minimum Gasteiger partial charge on any atom is -0.466 e. The highest BCUT2D eigenvalue weighted by Gasteiger charge is 2.44. The number of nitrogens with one attached hydrogen (secondary N) is 1. The van der Waals surface area contributed by atoms with E-state index in [0.717, 1.165) is 6.07 Å². The van der Waals surface area contributed by atoms with Gasteiger partial charge in [0.1, 0.15) is 5.69 Å². The van der Waals surface area contributed by atoms with E-state index in [1.165, 1.54) is 30.2 Å². The molecule has 0 bridgehead atoms. The minimum absolute atomic E-state index is 0.0214. The lowest BCUT2D eigenvalue weighted by Gasteiger charge is -2.41. The molecular formula is C23H25F2N7O4S. The second kappa shape index (κ2) is 10.4. The Morgan fingerprint density at radius 2 is 2.05 bits per heavy atom. The molecule has 0 fully saturated rings. The summed E-state index contributed by atoms with van der Waals surface area (Å²) >= 11 is 1.32. The van der Waals surface area contributed by atoms with Gasteiger partial charge < -0.3 is 25.0 Å². The number of benzene rings is 1. The number of halogens is 2. The third-order valence-corrected chi connectivity index (χ3v) is 6.57. The molecule has 2 aromatic heterocycles. The van der Waals surface area contributed by atoms with Crippen molar-refractivity contribution in [3.05, 3.63) is 59.1 Å². The van der Waals surface area contributed by atoms with Crippen LogP contribution in [0.2, 0.25) is 0 Å². The van der Waals surface area contributed by atoms with Crippen molar-refractivity contribution >= 4 is 28.5 Å². The van der Waals surface area contributed by atoms with Gasteiger partial charge in [-0.1, -0.05) is 16.9 Å². The van der Waals surface area contributed by atoms with Crippen LogP contribution in [-0.4, -0.2) is 49.6 Å². The maximum Gasteiger partial charge on any atom is 0.275 e. The van der Waals surface area contributed by atoms with Crippen molar-refractivity contribution in [3.8, 4) is 5.88 Å². The van der Waals surface area contributed by atoms with Crippen LogP contribution in [0.5, 0.6) is 5.88 Å². The number of thioether (sulfide) groups is 1. The Balaban J connectivity index is 1.51. The first kappa shape index (κ1) is 26.4. The van der Waals surface area contributed by atoms with Crippen LogP contribution in [0.15, 0.2) is 34.0 Å². The Morgan fingerprint density at radius 3 is 2.70 bits per heavy atom. The lowest BCUT2D eigenvalue weighted by Crippen LogP contribution is -2.43. The Morgan fingerprint density at radius 1 is 1.27 bits per heavy atom. The summed E-state index contributed by atoms with van der Waals surface area (Å²) in [5.74, 6) is -2.04. The molecule has 0 radical (unpaired) electrons. The Bertz CT molecular complexity index is 1340. The molecule has 3 N–H and O–H groups in total. The van der Waals surface area contributed by atoms with Gasteiger partial charge in [-0.2, -0.15) is 4.98 Å². The zero-order valence-corrected chi connectivity index (χ0v) is 21.4. The number of methoxy groups -OCH3 is 1. The zero-order chi connectivity index (χ0) is 26.8. The summed E-state index contributed by atoms with van der Waals surface area (Å²) in [5, 5.41) is 6.41. The third kappa shape index (κ3) is 6.02. The van der Waals surface area contributed by atoms with E-state index < -0.39 is 27.8 Å². The number of anilines is 1. The molecule has 2 atom stereocenters. The van der Waals surface area contributed by atoms with Crippen LogP contribution in [-0.2, 0) is 16.9 Å². The highest BCUT2D eigenvalue weighted by atomic mass is 32.2. The van der Waals surface area contributed by atoms with Crippen molar-refractivity contribution in [3.63, 3.8) is 0 Å². The van der Waals surface area contributed by atoms with Gasteiger partial charge in [-0.05, 0) is 33.3 Å². The molecule has 0 saturated heterocycles. The normalized spacial score (nSPS) is 21.4. The van der Waals surface area contributed by atoms with Gasteiger partial charge >= 0.3 is 0 Å². The van der Waals surface area contributed by atoms with E-state index in [1.54, 1.807) is 21.0 Å². The van der Waals surface area contributed by atoms with Crippen LogP contribution in [0.4, 0.5) is 14.5 Å². The van der Waals surface area contributed by atoms with E-state index in [4.69, 9.17) is 19.7 Å². The van der Waals surface area contributed by atoms with Crippen molar-refractivity contribution in [2.24, 2.45) is 10.7 Å². The Hall–Kier alpha value is -3.65. The summed E-state index contributed by atoms with van der Waals surface area (Å²) in [6.45, 7) is 5.56. The molecule has 1 aromatic carbocycles. The number of carbonyl (C=O) groups excluding carboxylic acids is 1. The fraction of sp³-hybridized carbons (Fsp3) is 0.391. The summed E-state index contributed by atoms with van der Waals surface area (Å²) in [5.41, 5.74) is 4.76. The lowest BCUT2D eigenvalue weighted by atomic mass is 9.83. The molecule has 0 unspecified atom stereocenters. The van der Waals surface area contributed by atoms with Crippen molar-refractivity contribution in [1.29, 1.82) is 0 Å². The smallest absolute Gasteiger partial charge is 0.275 e. The summed E-state index contributed by atoms with van der Waals surface area (Å²) in [6, 6.07) is 2.23. The average molecular weight is 534 g/mol. The van der Waals surface area contributed by atoms with E-state index in [-0.39, 0.29) is 40.5 Å². The van der Waals surface area contributed by atoms with E-state index in [0.29, 0.717) is 18.9 Å². The van der Waals surface area contributed by atoms with Gasteiger partial charge in [0.25, 0.3) is 11.8 Å². The largest absolute Gasteiger partial charge is 0.466 e. The minimum atomic E-state index is -1.19. The van der Waals surface area contributed by atoms with Crippen molar-refractivity contribution in [2.75, 3.05) is 19.0 Å². The first-order valence-electron chi connectivity index (χ1n) is 11.1. The average Bonchev–Trinajstić information content (AvgIpc) is 3.24. The molecule has 0 aliphatic carbocycles. The van der Waals surface area contributed by atoms with Gasteiger partial charge in [0, 0.05) is 29.2 Å². The molecule has 1 aliphatic rings. The van der Waals surface area contributed by atoms with Crippen LogP contribution in [0.3, 0.4) is 0 Å². The maximum absolute atomic E-state index is 15.0. The molecule has 196 valence electrons. The molecule has 1 amide bonds. The fourth-order valence-corrected chi connectivity index (χ4v) is 5.44. The van der Waals surface area contributed by atoms with Crippen LogP contribution >= 0.6 is 11.8 Å². The molecule has 37 heavy (non-hydrogen) atoms. The summed E-state index contributed by atoms with van der Waals surface area (Å²) in [4.78, 5) is 29.2. The number of rotatable bonds is 8. The highest BCUT2D eigenvalue weighted by Crippen LogP contribution is 2.46. The molecular weight excluding hydrogens is 508 g/mol. The number of carbonyl (C=O) groups is 1. The molecule has 14 heteroatoms. The number of aliphatic imine (C=N–C) groups is 1. The lowest BCUT2D eigenvalue weighted by molar-refractivity contribution is 0.102. The number of nitrogens with two attached hydrogens (primary N) is 1. The molecule has 4 rings (SSSR count). The Kier molecular flexibility index (Phi) is 7.41. The second-order valence-corrected chi connectivity index (χ2v) is 10.5. The number of aromatic nitrogens is 4. The zero-order valence-electron chi connectivity index (χ0n) is 20.5. The van der Waals surface area contributed by atoms with Crippen molar-refractivity contribution in [2.45, 2.75) is 44.1 Å². The van der Waals surface area contributed by atoms with Crippen LogP contribution in [0.25, 0.3) is 0 Å². The fourth-order valence-electron chi connectivity index (χ4n) is 4.15. The van der Waals surface area contributed by atoms with Gasteiger partial charge in [-0.15, -0.1) is 0 Å². The molecule has 0 saturated carbocycles. The number of amides is 1. The van der Waals surface area contributed by atoms with Crippen LogP contribution in [0, 0.1) is 18.6 Å². The third-order valence-electron chi connectivity index (χ3n) is 5.52.